The first-order valence-corrected chi connectivity index (χ1v) is 4.12. The van der Waals surface area contributed by atoms with Crippen molar-refractivity contribution in [1.29, 1.82) is 0 Å². The van der Waals surface area contributed by atoms with Crippen LogP contribution in [0.25, 0.3) is 0 Å². The van der Waals surface area contributed by atoms with Crippen LogP contribution in [0, 0.1) is 5.92 Å². The summed E-state index contributed by atoms with van der Waals surface area (Å²) in [6.45, 7) is 5.41. The van der Waals surface area contributed by atoms with Gasteiger partial charge >= 0.3 is 0 Å². The van der Waals surface area contributed by atoms with E-state index in [1.165, 1.54) is 0 Å². The quantitative estimate of drug-likeness (QED) is 0.486. The van der Waals surface area contributed by atoms with Crippen LogP contribution in [0.2, 0.25) is 0 Å². The molecule has 0 saturated heterocycles. The molecule has 0 heterocycles. The molecule has 0 unspecified atom stereocenters. The molecule has 0 radical (unpaired) electrons. The number of rotatable bonds is 5. The van der Waals surface area contributed by atoms with Crippen LogP contribution in [0.15, 0.2) is 12.7 Å². The predicted octanol–water partition coefficient (Wildman–Crippen LogP) is 2.19. The molecule has 0 fully saturated rings. The molecule has 0 aliphatic heterocycles. The van der Waals surface area contributed by atoms with Gasteiger partial charge in [-0.15, -0.1) is 18.2 Å². The molecule has 0 aromatic rings. The highest BCUT2D eigenvalue weighted by molar-refractivity contribution is 6.17. The maximum atomic E-state index is 9.12. The Morgan fingerprint density at radius 1 is 1.70 bits per heavy atom. The minimum atomic E-state index is -0.291. The number of aliphatic hydroxyl groups is 1. The van der Waals surface area contributed by atoms with Gasteiger partial charge in [-0.1, -0.05) is 6.08 Å². The molecule has 0 amide bonds. The zero-order valence-corrected chi connectivity index (χ0v) is 7.14. The van der Waals surface area contributed by atoms with Gasteiger partial charge in [-0.3, -0.25) is 0 Å². The molecule has 2 heteroatoms. The van der Waals surface area contributed by atoms with Crippen LogP contribution in [0.1, 0.15) is 19.8 Å². The minimum Gasteiger partial charge on any atom is -0.393 e. The monoisotopic (exact) mass is 162 g/mol. The third kappa shape index (κ3) is 3.91. The number of hydrogen-bond donors (Lipinski definition) is 1. The summed E-state index contributed by atoms with van der Waals surface area (Å²) in [5.41, 5.74) is 0. The van der Waals surface area contributed by atoms with Gasteiger partial charge in [0.15, 0.2) is 0 Å². The van der Waals surface area contributed by atoms with E-state index in [1.807, 2.05) is 0 Å². The Balaban J connectivity index is 3.50. The SMILES string of the molecule is C=C[C@H](CCCCl)[C@@H](C)O. The molecule has 2 atom stereocenters. The van der Waals surface area contributed by atoms with E-state index in [2.05, 4.69) is 6.58 Å². The Bertz CT molecular complexity index is 91.3. The molecule has 0 aliphatic carbocycles. The molecule has 0 rings (SSSR count). The van der Waals surface area contributed by atoms with E-state index in [0.29, 0.717) is 5.88 Å². The second kappa shape index (κ2) is 5.75. The number of halogens is 1. The molecule has 0 spiro atoms. The van der Waals surface area contributed by atoms with Crippen molar-refractivity contribution in [2.24, 2.45) is 5.92 Å². The molecule has 0 aliphatic rings. The fourth-order valence-corrected chi connectivity index (χ4v) is 1.02. The van der Waals surface area contributed by atoms with Crippen LogP contribution in [-0.2, 0) is 0 Å². The lowest BCUT2D eigenvalue weighted by molar-refractivity contribution is 0.144. The Morgan fingerprint density at radius 2 is 2.30 bits per heavy atom. The van der Waals surface area contributed by atoms with Gasteiger partial charge in [0.2, 0.25) is 0 Å². The molecule has 10 heavy (non-hydrogen) atoms. The van der Waals surface area contributed by atoms with E-state index >= 15 is 0 Å². The standard InChI is InChI=1S/C8H15ClO/c1-3-8(7(2)10)5-4-6-9/h3,7-8,10H,1,4-6H2,2H3/t7-,8-/m1/s1. The second-order valence-corrected chi connectivity index (χ2v) is 2.85. The first kappa shape index (κ1) is 9.99. The van der Waals surface area contributed by atoms with Crippen LogP contribution < -0.4 is 0 Å². The summed E-state index contributed by atoms with van der Waals surface area (Å²) < 4.78 is 0. The molecule has 60 valence electrons. The summed E-state index contributed by atoms with van der Waals surface area (Å²) in [6.07, 6.45) is 3.38. The lowest BCUT2D eigenvalue weighted by Crippen LogP contribution is -2.13. The largest absolute Gasteiger partial charge is 0.393 e. The van der Waals surface area contributed by atoms with Gasteiger partial charge in [0.05, 0.1) is 6.10 Å². The van der Waals surface area contributed by atoms with E-state index in [0.717, 1.165) is 12.8 Å². The van der Waals surface area contributed by atoms with E-state index in [1.54, 1.807) is 13.0 Å². The third-order valence-electron chi connectivity index (χ3n) is 1.59. The summed E-state index contributed by atoms with van der Waals surface area (Å²) in [4.78, 5) is 0. The molecule has 0 aromatic heterocycles. The fourth-order valence-electron chi connectivity index (χ4n) is 0.869. The lowest BCUT2D eigenvalue weighted by atomic mass is 9.99. The van der Waals surface area contributed by atoms with Gasteiger partial charge < -0.3 is 5.11 Å². The lowest BCUT2D eigenvalue weighted by Gasteiger charge is -2.13. The van der Waals surface area contributed by atoms with Crippen LogP contribution in [0.5, 0.6) is 0 Å². The van der Waals surface area contributed by atoms with Crippen molar-refractivity contribution < 1.29 is 5.11 Å². The van der Waals surface area contributed by atoms with E-state index < -0.39 is 0 Å². The zero-order chi connectivity index (χ0) is 7.98. The van der Waals surface area contributed by atoms with E-state index in [-0.39, 0.29) is 12.0 Å². The highest BCUT2D eigenvalue weighted by Crippen LogP contribution is 2.12. The summed E-state index contributed by atoms with van der Waals surface area (Å²) >= 11 is 5.49. The Hall–Kier alpha value is -0.0100. The predicted molar refractivity (Wildman–Crippen MR) is 45.3 cm³/mol. The van der Waals surface area contributed by atoms with Crippen molar-refractivity contribution >= 4 is 11.6 Å². The van der Waals surface area contributed by atoms with Gasteiger partial charge in [-0.05, 0) is 19.8 Å². The Kier molecular flexibility index (Phi) is 5.74. The summed E-state index contributed by atoms with van der Waals surface area (Å²) in [6, 6.07) is 0. The smallest absolute Gasteiger partial charge is 0.0574 e. The van der Waals surface area contributed by atoms with E-state index in [4.69, 9.17) is 16.7 Å². The third-order valence-corrected chi connectivity index (χ3v) is 1.86. The number of aliphatic hydroxyl groups excluding tert-OH is 1. The highest BCUT2D eigenvalue weighted by atomic mass is 35.5. The van der Waals surface area contributed by atoms with Crippen LogP contribution >= 0.6 is 11.6 Å². The van der Waals surface area contributed by atoms with Crippen molar-refractivity contribution in [3.05, 3.63) is 12.7 Å². The maximum absolute atomic E-state index is 9.12. The molecular weight excluding hydrogens is 148 g/mol. The van der Waals surface area contributed by atoms with Gasteiger partial charge in [0, 0.05) is 11.8 Å². The average molecular weight is 163 g/mol. The minimum absolute atomic E-state index is 0.207. The first-order valence-electron chi connectivity index (χ1n) is 3.59. The van der Waals surface area contributed by atoms with Crippen molar-refractivity contribution in [2.45, 2.75) is 25.9 Å². The van der Waals surface area contributed by atoms with Gasteiger partial charge in [-0.25, -0.2) is 0 Å². The first-order chi connectivity index (χ1) is 4.72. The van der Waals surface area contributed by atoms with Crippen LogP contribution in [0.4, 0.5) is 0 Å². The maximum Gasteiger partial charge on any atom is 0.0574 e. The van der Waals surface area contributed by atoms with E-state index in [9.17, 15) is 0 Å². The van der Waals surface area contributed by atoms with Crippen molar-refractivity contribution in [2.75, 3.05) is 5.88 Å². The summed E-state index contributed by atoms with van der Waals surface area (Å²) in [7, 11) is 0. The van der Waals surface area contributed by atoms with Crippen molar-refractivity contribution in [3.63, 3.8) is 0 Å². The summed E-state index contributed by atoms with van der Waals surface area (Å²) in [5, 5.41) is 9.12. The fraction of sp³-hybridized carbons (Fsp3) is 0.750. The molecule has 1 nitrogen and oxygen atoms in total. The average Bonchev–Trinajstić information content (AvgIpc) is 1.89. The number of hydrogen-bond acceptors (Lipinski definition) is 1. The molecular formula is C8H15ClO. The van der Waals surface area contributed by atoms with Gasteiger partial charge in [0.1, 0.15) is 0 Å². The van der Waals surface area contributed by atoms with Gasteiger partial charge in [-0.2, -0.15) is 0 Å². The second-order valence-electron chi connectivity index (χ2n) is 2.47. The molecule has 0 saturated carbocycles. The van der Waals surface area contributed by atoms with Crippen molar-refractivity contribution in [3.8, 4) is 0 Å². The summed E-state index contributed by atoms with van der Waals surface area (Å²) in [5.74, 6) is 0.871. The van der Waals surface area contributed by atoms with Crippen LogP contribution in [-0.4, -0.2) is 17.1 Å². The highest BCUT2D eigenvalue weighted by Gasteiger charge is 2.08. The molecule has 0 bridgehead atoms. The van der Waals surface area contributed by atoms with Gasteiger partial charge in [0.25, 0.3) is 0 Å². The van der Waals surface area contributed by atoms with Crippen LogP contribution in [0.3, 0.4) is 0 Å². The molecule has 0 aromatic carbocycles. The zero-order valence-electron chi connectivity index (χ0n) is 6.39. The Labute approximate surface area is 67.7 Å². The van der Waals surface area contributed by atoms with Crippen molar-refractivity contribution in [1.82, 2.24) is 0 Å². The Morgan fingerprint density at radius 3 is 2.60 bits per heavy atom. The normalized spacial score (nSPS) is 16.3. The topological polar surface area (TPSA) is 20.2 Å². The molecule has 1 N–H and O–H groups in total. The number of alkyl halides is 1.